The normalized spacial score (nSPS) is 10.2. The van der Waals surface area contributed by atoms with Gasteiger partial charge in [0.05, 0.1) is 14.2 Å². The third-order valence-corrected chi connectivity index (χ3v) is 4.04. The molecule has 138 valence electrons. The van der Waals surface area contributed by atoms with Crippen molar-refractivity contribution >= 4 is 5.97 Å². The number of benzene rings is 2. The summed E-state index contributed by atoms with van der Waals surface area (Å²) >= 11 is 0. The number of carbonyl (C=O) groups is 1. The lowest BCUT2D eigenvalue weighted by Crippen LogP contribution is -2.11. The van der Waals surface area contributed by atoms with Gasteiger partial charge in [-0.05, 0) is 50.0 Å². The fraction of sp³-hybridized carbons (Fsp3) is 0.318. The fourth-order valence-corrected chi connectivity index (χ4v) is 2.63. The summed E-state index contributed by atoms with van der Waals surface area (Å²) in [6, 6.07) is 13.8. The van der Waals surface area contributed by atoms with E-state index in [1.807, 2.05) is 44.2 Å². The average Bonchev–Trinajstić information content (AvgIpc) is 2.65. The number of ether oxygens (including phenoxy) is 3. The van der Waals surface area contributed by atoms with E-state index < -0.39 is 5.97 Å². The van der Waals surface area contributed by atoms with Crippen LogP contribution < -0.4 is 9.47 Å². The van der Waals surface area contributed by atoms with Crippen LogP contribution in [0.1, 0.15) is 35.3 Å². The summed E-state index contributed by atoms with van der Waals surface area (Å²) in [6.07, 6.45) is 3.46. The van der Waals surface area contributed by atoms with Gasteiger partial charge >= 0.3 is 5.97 Å². The van der Waals surface area contributed by atoms with Crippen LogP contribution in [-0.4, -0.2) is 26.8 Å². The van der Waals surface area contributed by atoms with Gasteiger partial charge in [0, 0.05) is 6.07 Å². The van der Waals surface area contributed by atoms with Crippen LogP contribution in [0.15, 0.2) is 54.1 Å². The molecular formula is C22H26O4. The van der Waals surface area contributed by atoms with Crippen LogP contribution in [0.4, 0.5) is 0 Å². The number of carbonyl (C=O) groups excluding carboxylic acids is 1. The molecule has 0 aliphatic rings. The Hall–Kier alpha value is -2.75. The maximum absolute atomic E-state index is 12.4. The maximum Gasteiger partial charge on any atom is 0.341 e. The second-order valence-corrected chi connectivity index (χ2v) is 6.23. The molecule has 0 atom stereocenters. The Labute approximate surface area is 155 Å². The smallest absolute Gasteiger partial charge is 0.341 e. The molecule has 0 saturated heterocycles. The molecule has 2 rings (SSSR count). The van der Waals surface area contributed by atoms with Gasteiger partial charge in [0.15, 0.2) is 0 Å². The first-order valence-corrected chi connectivity index (χ1v) is 8.64. The summed E-state index contributed by atoms with van der Waals surface area (Å²) < 4.78 is 16.2. The second-order valence-electron chi connectivity index (χ2n) is 6.23. The Morgan fingerprint density at radius 1 is 1.04 bits per heavy atom. The molecule has 0 aliphatic heterocycles. The summed E-state index contributed by atoms with van der Waals surface area (Å²) in [7, 11) is 2.99. The SMILES string of the molecule is COC(=O)c1c(CCc2ccccc2)cc(OC)cc1OCC=C(C)C. The van der Waals surface area contributed by atoms with Gasteiger partial charge in [-0.15, -0.1) is 0 Å². The van der Waals surface area contributed by atoms with Crippen LogP contribution in [0.25, 0.3) is 0 Å². The monoisotopic (exact) mass is 354 g/mol. The molecule has 0 aliphatic carbocycles. The highest BCUT2D eigenvalue weighted by Gasteiger charge is 2.20. The Morgan fingerprint density at radius 3 is 2.38 bits per heavy atom. The molecule has 4 nitrogen and oxygen atoms in total. The Kier molecular flexibility index (Phi) is 7.27. The molecule has 0 unspecified atom stereocenters. The third kappa shape index (κ3) is 5.38. The molecule has 0 N–H and O–H groups in total. The summed E-state index contributed by atoms with van der Waals surface area (Å²) in [5.74, 6) is 0.743. The molecule has 0 amide bonds. The van der Waals surface area contributed by atoms with Gasteiger partial charge in [-0.1, -0.05) is 35.9 Å². The van der Waals surface area contributed by atoms with E-state index in [2.05, 4.69) is 12.1 Å². The second kappa shape index (κ2) is 9.66. The predicted octanol–water partition coefficient (Wildman–Crippen LogP) is 4.61. The van der Waals surface area contributed by atoms with E-state index in [1.165, 1.54) is 12.7 Å². The van der Waals surface area contributed by atoms with Crippen molar-refractivity contribution in [2.24, 2.45) is 0 Å². The Bertz CT molecular complexity index is 759. The Balaban J connectivity index is 2.36. The summed E-state index contributed by atoms with van der Waals surface area (Å²) in [4.78, 5) is 12.4. The molecule has 0 saturated carbocycles. The molecular weight excluding hydrogens is 328 g/mol. The predicted molar refractivity (Wildman–Crippen MR) is 103 cm³/mol. The number of aryl methyl sites for hydroxylation is 2. The first-order valence-electron chi connectivity index (χ1n) is 8.64. The van der Waals surface area contributed by atoms with Crippen molar-refractivity contribution in [3.05, 3.63) is 70.8 Å². The van der Waals surface area contributed by atoms with E-state index in [1.54, 1.807) is 13.2 Å². The van der Waals surface area contributed by atoms with Crippen molar-refractivity contribution in [2.45, 2.75) is 26.7 Å². The number of rotatable bonds is 8. The van der Waals surface area contributed by atoms with Crippen LogP contribution in [0.3, 0.4) is 0 Å². The number of esters is 1. The molecule has 2 aromatic rings. The molecule has 26 heavy (non-hydrogen) atoms. The molecule has 0 fully saturated rings. The number of hydrogen-bond donors (Lipinski definition) is 0. The van der Waals surface area contributed by atoms with Crippen LogP contribution in [-0.2, 0) is 17.6 Å². The van der Waals surface area contributed by atoms with Gasteiger partial charge in [0.25, 0.3) is 0 Å². The minimum Gasteiger partial charge on any atom is -0.497 e. The largest absolute Gasteiger partial charge is 0.497 e. The summed E-state index contributed by atoms with van der Waals surface area (Å²) in [6.45, 7) is 4.39. The molecule has 0 aromatic heterocycles. The van der Waals surface area contributed by atoms with Crippen LogP contribution in [0.2, 0.25) is 0 Å². The molecule has 0 bridgehead atoms. The lowest BCUT2D eigenvalue weighted by atomic mass is 9.98. The first-order chi connectivity index (χ1) is 12.5. The fourth-order valence-electron chi connectivity index (χ4n) is 2.63. The lowest BCUT2D eigenvalue weighted by Gasteiger charge is -2.16. The Morgan fingerprint density at radius 2 is 1.77 bits per heavy atom. The van der Waals surface area contributed by atoms with E-state index in [0.717, 1.165) is 17.6 Å². The van der Waals surface area contributed by atoms with E-state index in [9.17, 15) is 4.79 Å². The standard InChI is InChI=1S/C22H26O4/c1-16(2)12-13-26-20-15-19(24-3)14-18(21(20)22(23)25-4)11-10-17-8-6-5-7-9-17/h5-9,12,14-15H,10-11,13H2,1-4H3. The van der Waals surface area contributed by atoms with Gasteiger partial charge in [-0.2, -0.15) is 0 Å². The van der Waals surface area contributed by atoms with Gasteiger partial charge in [0.1, 0.15) is 23.7 Å². The number of hydrogen-bond acceptors (Lipinski definition) is 4. The average molecular weight is 354 g/mol. The van der Waals surface area contributed by atoms with Crippen molar-refractivity contribution in [1.29, 1.82) is 0 Å². The van der Waals surface area contributed by atoms with Gasteiger partial charge in [-0.25, -0.2) is 4.79 Å². The minimum absolute atomic E-state index is 0.387. The van der Waals surface area contributed by atoms with Crippen molar-refractivity contribution in [3.63, 3.8) is 0 Å². The zero-order valence-electron chi connectivity index (χ0n) is 15.9. The minimum atomic E-state index is -0.400. The number of allylic oxidation sites excluding steroid dienone is 1. The molecule has 0 heterocycles. The zero-order valence-corrected chi connectivity index (χ0v) is 15.9. The summed E-state index contributed by atoms with van der Waals surface area (Å²) in [5, 5.41) is 0. The van der Waals surface area contributed by atoms with Gasteiger partial charge < -0.3 is 14.2 Å². The van der Waals surface area contributed by atoms with Crippen molar-refractivity contribution in [1.82, 2.24) is 0 Å². The highest BCUT2D eigenvalue weighted by atomic mass is 16.5. The highest BCUT2D eigenvalue weighted by Crippen LogP contribution is 2.31. The molecule has 0 spiro atoms. The first kappa shape index (κ1) is 19.6. The van der Waals surface area contributed by atoms with Crippen LogP contribution in [0.5, 0.6) is 11.5 Å². The lowest BCUT2D eigenvalue weighted by molar-refractivity contribution is 0.0595. The highest BCUT2D eigenvalue weighted by molar-refractivity contribution is 5.94. The quantitative estimate of drug-likeness (QED) is 0.513. The van der Waals surface area contributed by atoms with E-state index >= 15 is 0 Å². The van der Waals surface area contributed by atoms with Crippen molar-refractivity contribution in [3.8, 4) is 11.5 Å². The molecule has 4 heteroatoms. The molecule has 2 aromatic carbocycles. The van der Waals surface area contributed by atoms with Gasteiger partial charge in [-0.3, -0.25) is 0 Å². The summed E-state index contributed by atoms with van der Waals surface area (Å²) in [5.41, 5.74) is 3.67. The molecule has 0 radical (unpaired) electrons. The van der Waals surface area contributed by atoms with E-state index in [0.29, 0.717) is 30.1 Å². The van der Waals surface area contributed by atoms with Crippen LogP contribution in [0, 0.1) is 0 Å². The van der Waals surface area contributed by atoms with Crippen LogP contribution >= 0.6 is 0 Å². The zero-order chi connectivity index (χ0) is 18.9. The van der Waals surface area contributed by atoms with Crippen molar-refractivity contribution in [2.75, 3.05) is 20.8 Å². The topological polar surface area (TPSA) is 44.8 Å². The van der Waals surface area contributed by atoms with Gasteiger partial charge in [0.2, 0.25) is 0 Å². The van der Waals surface area contributed by atoms with E-state index in [4.69, 9.17) is 14.2 Å². The number of methoxy groups -OCH3 is 2. The van der Waals surface area contributed by atoms with E-state index in [-0.39, 0.29) is 0 Å². The third-order valence-electron chi connectivity index (χ3n) is 4.04. The van der Waals surface area contributed by atoms with Crippen molar-refractivity contribution < 1.29 is 19.0 Å². The maximum atomic E-state index is 12.4.